The number of rotatable bonds is 6. The van der Waals surface area contributed by atoms with Crippen molar-refractivity contribution in [1.82, 2.24) is 19.5 Å². The summed E-state index contributed by atoms with van der Waals surface area (Å²) in [5.41, 5.74) is 0.364. The van der Waals surface area contributed by atoms with E-state index in [2.05, 4.69) is 20.3 Å². The van der Waals surface area contributed by atoms with Gasteiger partial charge in [-0.3, -0.25) is 4.79 Å². The molecule has 180 valence electrons. The van der Waals surface area contributed by atoms with Crippen molar-refractivity contribution >= 4 is 17.6 Å². The Morgan fingerprint density at radius 1 is 1.24 bits per heavy atom. The molecule has 11 heteroatoms. The molecule has 34 heavy (non-hydrogen) atoms. The fourth-order valence-electron chi connectivity index (χ4n) is 4.26. The minimum Gasteiger partial charge on any atom is -0.481 e. The number of carbonyl (C=O) groups is 1. The zero-order valence-corrected chi connectivity index (χ0v) is 18.4. The number of aliphatic carboxylic acids is 1. The van der Waals surface area contributed by atoms with E-state index in [0.29, 0.717) is 42.8 Å². The Balaban J connectivity index is 1.53. The molecule has 4 rings (SSSR count). The summed E-state index contributed by atoms with van der Waals surface area (Å²) in [7, 11) is 0. The molecule has 1 saturated carbocycles. The van der Waals surface area contributed by atoms with Gasteiger partial charge >= 0.3 is 12.1 Å². The van der Waals surface area contributed by atoms with Crippen LogP contribution in [0.15, 0.2) is 43.0 Å². The summed E-state index contributed by atoms with van der Waals surface area (Å²) in [6, 6.07) is 6.15. The van der Waals surface area contributed by atoms with E-state index in [1.54, 1.807) is 29.2 Å². The summed E-state index contributed by atoms with van der Waals surface area (Å²) >= 11 is 0. The maximum absolute atomic E-state index is 12.9. The summed E-state index contributed by atoms with van der Waals surface area (Å²) in [5.74, 6) is -0.965. The minimum absolute atomic E-state index is 0.0448. The van der Waals surface area contributed by atoms with Crippen molar-refractivity contribution in [2.45, 2.75) is 50.8 Å². The van der Waals surface area contributed by atoms with Crippen LogP contribution in [-0.2, 0) is 16.6 Å². The first-order valence-electron chi connectivity index (χ1n) is 10.8. The standard InChI is InChI=1S/C23H24F3N5O3/c1-14-8-16(29-21-27-7-4-18(30-21)23(24,25)26)11-17(9-14)31-12-19(28-13-31)22(34)5-2-15(3-6-22)10-20(32)33/h4,7-9,11-13,15,34H,2-3,5-6,10H2,1H3,(H,32,33)(H,27,29,30). The van der Waals surface area contributed by atoms with Gasteiger partial charge in [0, 0.05) is 30.2 Å². The molecule has 0 amide bonds. The lowest BCUT2D eigenvalue weighted by Crippen LogP contribution is -2.32. The minimum atomic E-state index is -4.57. The van der Waals surface area contributed by atoms with Crippen molar-refractivity contribution < 1.29 is 28.2 Å². The molecule has 8 nitrogen and oxygen atoms in total. The van der Waals surface area contributed by atoms with E-state index in [-0.39, 0.29) is 18.3 Å². The highest BCUT2D eigenvalue weighted by atomic mass is 19.4. The van der Waals surface area contributed by atoms with Crippen LogP contribution in [-0.4, -0.2) is 35.7 Å². The molecule has 0 radical (unpaired) electrons. The summed E-state index contributed by atoms with van der Waals surface area (Å²) in [4.78, 5) is 22.7. The van der Waals surface area contributed by atoms with Crippen LogP contribution in [0.4, 0.5) is 24.8 Å². The van der Waals surface area contributed by atoms with Crippen LogP contribution in [0.2, 0.25) is 0 Å². The first-order valence-corrected chi connectivity index (χ1v) is 10.8. The number of benzene rings is 1. The van der Waals surface area contributed by atoms with Crippen molar-refractivity contribution in [1.29, 1.82) is 0 Å². The first kappa shape index (κ1) is 23.7. The molecule has 0 aliphatic heterocycles. The molecular formula is C23H24F3N5O3. The maximum Gasteiger partial charge on any atom is 0.433 e. The predicted molar refractivity (Wildman–Crippen MR) is 117 cm³/mol. The van der Waals surface area contributed by atoms with Gasteiger partial charge in [0.25, 0.3) is 0 Å². The first-order chi connectivity index (χ1) is 16.0. The lowest BCUT2D eigenvalue weighted by Gasteiger charge is -2.34. The highest BCUT2D eigenvalue weighted by Gasteiger charge is 2.37. The lowest BCUT2D eigenvalue weighted by molar-refractivity contribution is -0.141. The number of aliphatic hydroxyl groups is 1. The number of carboxylic acid groups (broad SMARTS) is 1. The van der Waals surface area contributed by atoms with Crippen molar-refractivity contribution in [3.8, 4) is 5.69 Å². The largest absolute Gasteiger partial charge is 0.481 e. The third-order valence-corrected chi connectivity index (χ3v) is 6.02. The number of nitrogens with zero attached hydrogens (tertiary/aromatic N) is 4. The fourth-order valence-corrected chi connectivity index (χ4v) is 4.26. The van der Waals surface area contributed by atoms with Gasteiger partial charge in [-0.15, -0.1) is 0 Å². The van der Waals surface area contributed by atoms with Gasteiger partial charge < -0.3 is 20.1 Å². The molecule has 3 aromatic rings. The van der Waals surface area contributed by atoms with E-state index >= 15 is 0 Å². The van der Waals surface area contributed by atoms with Gasteiger partial charge in [-0.25, -0.2) is 15.0 Å². The van der Waals surface area contributed by atoms with E-state index in [0.717, 1.165) is 17.8 Å². The van der Waals surface area contributed by atoms with Gasteiger partial charge in [-0.2, -0.15) is 13.2 Å². The number of hydrogen-bond donors (Lipinski definition) is 3. The highest BCUT2D eigenvalue weighted by molar-refractivity contribution is 5.67. The van der Waals surface area contributed by atoms with Gasteiger partial charge in [0.1, 0.15) is 11.3 Å². The number of alkyl halides is 3. The zero-order chi connectivity index (χ0) is 24.5. The van der Waals surface area contributed by atoms with Crippen LogP contribution in [0.5, 0.6) is 0 Å². The second-order valence-electron chi connectivity index (χ2n) is 8.68. The molecule has 1 aliphatic rings. The number of imidazole rings is 1. The summed E-state index contributed by atoms with van der Waals surface area (Å²) in [6.45, 7) is 1.84. The van der Waals surface area contributed by atoms with E-state index < -0.39 is 23.4 Å². The topological polar surface area (TPSA) is 113 Å². The number of aryl methyl sites for hydroxylation is 1. The van der Waals surface area contributed by atoms with E-state index in [4.69, 9.17) is 5.11 Å². The third-order valence-electron chi connectivity index (χ3n) is 6.02. The molecule has 0 atom stereocenters. The third kappa shape index (κ3) is 5.36. The van der Waals surface area contributed by atoms with Crippen molar-refractivity contribution in [3.05, 3.63) is 59.9 Å². The van der Waals surface area contributed by atoms with Crippen molar-refractivity contribution in [2.75, 3.05) is 5.32 Å². The summed E-state index contributed by atoms with van der Waals surface area (Å²) in [5, 5.41) is 22.9. The Morgan fingerprint density at radius 3 is 2.65 bits per heavy atom. The van der Waals surface area contributed by atoms with Gasteiger partial charge in [0.2, 0.25) is 5.95 Å². The molecular weight excluding hydrogens is 451 g/mol. The number of nitrogens with one attached hydrogen (secondary N) is 1. The van der Waals surface area contributed by atoms with Gasteiger partial charge in [-0.05, 0) is 68.4 Å². The Bertz CT molecular complexity index is 1190. The molecule has 3 N–H and O–H groups in total. The Kier molecular flexibility index (Phi) is 6.30. The molecule has 0 unspecified atom stereocenters. The predicted octanol–water partition coefficient (Wildman–Crippen LogP) is 4.59. The Morgan fingerprint density at radius 2 is 1.97 bits per heavy atom. The van der Waals surface area contributed by atoms with E-state index in [1.165, 1.54) is 0 Å². The van der Waals surface area contributed by atoms with Gasteiger partial charge in [0.05, 0.1) is 12.0 Å². The molecule has 2 aromatic heterocycles. The lowest BCUT2D eigenvalue weighted by atomic mass is 9.76. The fraction of sp³-hybridized carbons (Fsp3) is 0.391. The molecule has 0 saturated heterocycles. The zero-order valence-electron chi connectivity index (χ0n) is 18.4. The van der Waals surface area contributed by atoms with Gasteiger partial charge in [0.15, 0.2) is 0 Å². The van der Waals surface area contributed by atoms with Crippen LogP contribution >= 0.6 is 0 Å². The molecule has 1 aliphatic carbocycles. The second-order valence-corrected chi connectivity index (χ2v) is 8.68. The molecule has 1 aromatic carbocycles. The molecule has 2 heterocycles. The smallest absolute Gasteiger partial charge is 0.433 e. The SMILES string of the molecule is Cc1cc(Nc2nccc(C(F)(F)F)n2)cc(-n2cnc(C3(O)CCC(CC(=O)O)CC3)c2)c1. The number of aromatic nitrogens is 4. The van der Waals surface area contributed by atoms with Crippen molar-refractivity contribution in [3.63, 3.8) is 0 Å². The summed E-state index contributed by atoms with van der Waals surface area (Å²) < 4.78 is 40.6. The van der Waals surface area contributed by atoms with Crippen LogP contribution in [0, 0.1) is 12.8 Å². The van der Waals surface area contributed by atoms with Crippen LogP contribution in [0.3, 0.4) is 0 Å². The summed E-state index contributed by atoms with van der Waals surface area (Å²) in [6.07, 6.45) is 1.91. The number of carboxylic acids is 1. The highest BCUT2D eigenvalue weighted by Crippen LogP contribution is 2.40. The number of halogens is 3. The van der Waals surface area contributed by atoms with E-state index in [1.807, 2.05) is 13.0 Å². The normalized spacial score (nSPS) is 20.8. The van der Waals surface area contributed by atoms with Crippen molar-refractivity contribution in [2.24, 2.45) is 5.92 Å². The number of anilines is 2. The monoisotopic (exact) mass is 475 g/mol. The molecule has 1 fully saturated rings. The maximum atomic E-state index is 12.9. The Hall–Kier alpha value is -3.47. The average molecular weight is 475 g/mol. The molecule has 0 bridgehead atoms. The van der Waals surface area contributed by atoms with Crippen LogP contribution in [0.25, 0.3) is 5.69 Å². The quantitative estimate of drug-likeness (QED) is 0.478. The second kappa shape index (κ2) is 9.05. The van der Waals surface area contributed by atoms with E-state index in [9.17, 15) is 23.1 Å². The number of hydrogen-bond acceptors (Lipinski definition) is 6. The molecule has 0 spiro atoms. The Labute approximate surface area is 193 Å². The van der Waals surface area contributed by atoms with Gasteiger partial charge in [-0.1, -0.05) is 0 Å². The van der Waals surface area contributed by atoms with Crippen LogP contribution in [0.1, 0.15) is 49.1 Å². The van der Waals surface area contributed by atoms with Crippen LogP contribution < -0.4 is 5.32 Å². The average Bonchev–Trinajstić information content (AvgIpc) is 3.26.